The first-order valence-corrected chi connectivity index (χ1v) is 10.1. The first kappa shape index (κ1) is 21.4. The Morgan fingerprint density at radius 2 is 1.78 bits per heavy atom. The third kappa shape index (κ3) is 4.01. The molecular formula is C23H19ClN4O4. The average molecular weight is 451 g/mol. The zero-order valence-corrected chi connectivity index (χ0v) is 17.7. The number of nitrogens with one attached hydrogen (secondary N) is 3. The Hall–Kier alpha value is -3.88. The first-order valence-electron chi connectivity index (χ1n) is 9.68. The second-order valence-electron chi connectivity index (χ2n) is 7.23. The highest BCUT2D eigenvalue weighted by Crippen LogP contribution is 2.32. The van der Waals surface area contributed by atoms with Gasteiger partial charge < -0.3 is 14.9 Å². The average Bonchev–Trinajstić information content (AvgIpc) is 3.26. The summed E-state index contributed by atoms with van der Waals surface area (Å²) in [5.74, 6) is -1.000. The van der Waals surface area contributed by atoms with Gasteiger partial charge in [-0.15, -0.1) is 0 Å². The number of pyridine rings is 1. The minimum absolute atomic E-state index is 0.213. The van der Waals surface area contributed by atoms with Crippen molar-refractivity contribution < 1.29 is 14.8 Å². The summed E-state index contributed by atoms with van der Waals surface area (Å²) in [7, 11) is 1.64. The van der Waals surface area contributed by atoms with Crippen LogP contribution in [0.1, 0.15) is 26.4 Å². The van der Waals surface area contributed by atoms with E-state index in [9.17, 15) is 14.4 Å². The third-order valence-corrected chi connectivity index (χ3v) is 5.47. The van der Waals surface area contributed by atoms with Crippen LogP contribution in [0.2, 0.25) is 5.02 Å². The highest BCUT2D eigenvalue weighted by Gasteiger charge is 2.17. The number of carbonyl (C=O) groups is 2. The maximum absolute atomic E-state index is 12.7. The Morgan fingerprint density at radius 1 is 1.06 bits per heavy atom. The molecule has 0 fully saturated rings. The van der Waals surface area contributed by atoms with E-state index in [2.05, 4.69) is 10.3 Å². The van der Waals surface area contributed by atoms with Gasteiger partial charge in [-0.25, -0.2) is 5.48 Å². The summed E-state index contributed by atoms with van der Waals surface area (Å²) >= 11 is 6.36. The minimum Gasteiger partial charge on any atom is -0.347 e. The van der Waals surface area contributed by atoms with Gasteiger partial charge in [-0.3, -0.25) is 19.6 Å². The van der Waals surface area contributed by atoms with Crippen LogP contribution in [-0.4, -0.2) is 26.6 Å². The van der Waals surface area contributed by atoms with Crippen molar-refractivity contribution in [3.63, 3.8) is 0 Å². The lowest BCUT2D eigenvalue weighted by molar-refractivity contribution is 0.0706. The molecular weight excluding hydrogens is 432 g/mol. The number of aryl methyl sites for hydroxylation is 1. The van der Waals surface area contributed by atoms with E-state index in [0.29, 0.717) is 21.5 Å². The van der Waals surface area contributed by atoms with E-state index in [4.69, 9.17) is 16.8 Å². The number of nitrogens with zero attached hydrogens (tertiary/aromatic N) is 1. The van der Waals surface area contributed by atoms with Gasteiger partial charge in [0.05, 0.1) is 0 Å². The van der Waals surface area contributed by atoms with Crippen LogP contribution in [0.4, 0.5) is 0 Å². The fraction of sp³-hybridized carbons (Fsp3) is 0.0870. The number of carbonyl (C=O) groups excluding carboxylic acids is 2. The molecule has 4 rings (SSSR count). The molecule has 2 aromatic heterocycles. The predicted octanol–water partition coefficient (Wildman–Crippen LogP) is 3.24. The van der Waals surface area contributed by atoms with Gasteiger partial charge in [0.15, 0.2) is 0 Å². The van der Waals surface area contributed by atoms with Gasteiger partial charge in [-0.2, -0.15) is 0 Å². The summed E-state index contributed by atoms with van der Waals surface area (Å²) in [5.41, 5.74) is 4.41. The molecule has 2 amide bonds. The largest absolute Gasteiger partial charge is 0.347 e. The zero-order chi connectivity index (χ0) is 22.8. The number of benzene rings is 2. The molecule has 0 unspecified atom stereocenters. The number of H-pyrrole nitrogens is 1. The SMILES string of the molecule is Cn1cc(-c2ccccc2Cl)c2cc(C(=O)NCc3ccc(C(=O)NO)cc3)[nH]c2c1=O. The van der Waals surface area contributed by atoms with E-state index < -0.39 is 5.91 Å². The Kier molecular flexibility index (Phi) is 5.81. The molecule has 8 nitrogen and oxygen atoms in total. The number of hydrogen-bond donors (Lipinski definition) is 4. The maximum Gasteiger partial charge on any atom is 0.274 e. The number of rotatable bonds is 5. The molecule has 0 atom stereocenters. The predicted molar refractivity (Wildman–Crippen MR) is 121 cm³/mol. The Labute approximate surface area is 187 Å². The molecule has 0 aliphatic rings. The molecule has 0 bridgehead atoms. The smallest absolute Gasteiger partial charge is 0.274 e. The van der Waals surface area contributed by atoms with Crippen molar-refractivity contribution in [1.29, 1.82) is 0 Å². The number of hydrogen-bond acceptors (Lipinski definition) is 4. The molecule has 32 heavy (non-hydrogen) atoms. The second-order valence-corrected chi connectivity index (χ2v) is 7.64. The number of halogens is 1. The summed E-state index contributed by atoms with van der Waals surface area (Å²) < 4.78 is 1.45. The number of aromatic nitrogens is 2. The van der Waals surface area contributed by atoms with Crippen molar-refractivity contribution >= 4 is 34.3 Å². The van der Waals surface area contributed by atoms with Crippen LogP contribution in [0.3, 0.4) is 0 Å². The summed E-state index contributed by atoms with van der Waals surface area (Å²) in [6.07, 6.45) is 1.70. The van der Waals surface area contributed by atoms with Gasteiger partial charge in [0.25, 0.3) is 17.4 Å². The number of hydroxylamine groups is 1. The molecule has 2 heterocycles. The summed E-state index contributed by atoms with van der Waals surface area (Å²) in [6.45, 7) is 0.213. The zero-order valence-electron chi connectivity index (χ0n) is 17.0. The molecule has 4 aromatic rings. The van der Waals surface area contributed by atoms with Crippen LogP contribution in [0.5, 0.6) is 0 Å². The van der Waals surface area contributed by atoms with Crippen molar-refractivity contribution in [2.24, 2.45) is 7.05 Å². The number of fused-ring (bicyclic) bond motifs is 1. The van der Waals surface area contributed by atoms with Crippen LogP contribution in [-0.2, 0) is 13.6 Å². The van der Waals surface area contributed by atoms with Crippen molar-refractivity contribution in [2.75, 3.05) is 0 Å². The lowest BCUT2D eigenvalue weighted by atomic mass is 10.0. The molecule has 162 valence electrons. The van der Waals surface area contributed by atoms with Crippen LogP contribution < -0.4 is 16.4 Å². The third-order valence-electron chi connectivity index (χ3n) is 5.14. The van der Waals surface area contributed by atoms with Crippen LogP contribution in [0, 0.1) is 0 Å². The fourth-order valence-electron chi connectivity index (χ4n) is 3.47. The quantitative estimate of drug-likeness (QED) is 0.276. The van der Waals surface area contributed by atoms with Gasteiger partial charge in [-0.1, -0.05) is 41.9 Å². The highest BCUT2D eigenvalue weighted by molar-refractivity contribution is 6.33. The Balaban J connectivity index is 1.62. The fourth-order valence-corrected chi connectivity index (χ4v) is 3.70. The van der Waals surface area contributed by atoms with E-state index in [1.54, 1.807) is 43.0 Å². The van der Waals surface area contributed by atoms with Gasteiger partial charge in [-0.05, 0) is 29.8 Å². The molecule has 9 heteroatoms. The number of aromatic amines is 1. The van der Waals surface area contributed by atoms with Crippen molar-refractivity contribution in [2.45, 2.75) is 6.54 Å². The molecule has 0 saturated heterocycles. The summed E-state index contributed by atoms with van der Waals surface area (Å²) in [6, 6.07) is 15.4. The van der Waals surface area contributed by atoms with Crippen LogP contribution in [0.15, 0.2) is 65.6 Å². The molecule has 0 radical (unpaired) electrons. The Bertz CT molecular complexity index is 1390. The lowest BCUT2D eigenvalue weighted by Crippen LogP contribution is -2.23. The van der Waals surface area contributed by atoms with E-state index in [0.717, 1.165) is 16.7 Å². The van der Waals surface area contributed by atoms with Crippen molar-refractivity contribution in [1.82, 2.24) is 20.3 Å². The summed E-state index contributed by atoms with van der Waals surface area (Å²) in [4.78, 5) is 39.7. The topological polar surface area (TPSA) is 116 Å². The van der Waals surface area contributed by atoms with E-state index >= 15 is 0 Å². The van der Waals surface area contributed by atoms with Crippen LogP contribution in [0.25, 0.3) is 22.0 Å². The van der Waals surface area contributed by atoms with Gasteiger partial charge in [0.2, 0.25) is 0 Å². The van der Waals surface area contributed by atoms with E-state index in [-0.39, 0.29) is 23.7 Å². The standard InChI is InChI=1S/C23H19ClN4O4/c1-28-12-17(15-4-2-3-5-18(15)24)16-10-19(26-20(16)23(28)31)22(30)25-11-13-6-8-14(9-7-13)21(29)27-32/h2-10,12,26,32H,11H2,1H3,(H,25,30)(H,27,29). The Morgan fingerprint density at radius 3 is 2.47 bits per heavy atom. The normalized spacial score (nSPS) is 10.8. The lowest BCUT2D eigenvalue weighted by Gasteiger charge is -2.08. The minimum atomic E-state index is -0.616. The number of amides is 2. The highest BCUT2D eigenvalue weighted by atomic mass is 35.5. The van der Waals surface area contributed by atoms with Gasteiger partial charge in [0.1, 0.15) is 11.2 Å². The molecule has 0 aliphatic carbocycles. The second kappa shape index (κ2) is 8.70. The van der Waals surface area contributed by atoms with Crippen molar-refractivity contribution in [3.8, 4) is 11.1 Å². The first-order chi connectivity index (χ1) is 15.4. The molecule has 0 saturated carbocycles. The van der Waals surface area contributed by atoms with E-state index in [1.165, 1.54) is 16.7 Å². The van der Waals surface area contributed by atoms with Gasteiger partial charge in [0, 0.05) is 46.9 Å². The molecule has 4 N–H and O–H groups in total. The van der Waals surface area contributed by atoms with Gasteiger partial charge >= 0.3 is 0 Å². The molecule has 0 spiro atoms. The van der Waals surface area contributed by atoms with E-state index in [1.807, 2.05) is 18.2 Å². The maximum atomic E-state index is 12.7. The molecule has 0 aliphatic heterocycles. The molecule has 2 aromatic carbocycles. The summed E-state index contributed by atoms with van der Waals surface area (Å²) in [5, 5.41) is 12.6. The van der Waals surface area contributed by atoms with Crippen LogP contribution >= 0.6 is 11.6 Å². The van der Waals surface area contributed by atoms with Crippen molar-refractivity contribution in [3.05, 3.63) is 93.0 Å². The monoisotopic (exact) mass is 450 g/mol.